The maximum atomic E-state index is 5.32. The number of thiophene rings is 1. The van der Waals surface area contributed by atoms with E-state index in [9.17, 15) is 0 Å². The molecule has 0 spiro atoms. The fourth-order valence-electron chi connectivity index (χ4n) is 6.37. The van der Waals surface area contributed by atoms with E-state index in [-0.39, 0.29) is 0 Å². The van der Waals surface area contributed by atoms with Crippen molar-refractivity contribution < 1.29 is 0 Å². The summed E-state index contributed by atoms with van der Waals surface area (Å²) in [6.07, 6.45) is 5.66. The van der Waals surface area contributed by atoms with Crippen LogP contribution in [0.25, 0.3) is 59.1 Å². The molecule has 0 N–H and O–H groups in total. The van der Waals surface area contributed by atoms with Gasteiger partial charge in [-0.2, -0.15) is 0 Å². The predicted molar refractivity (Wildman–Crippen MR) is 187 cm³/mol. The van der Waals surface area contributed by atoms with Crippen molar-refractivity contribution in [3.63, 3.8) is 0 Å². The molecule has 0 unspecified atom stereocenters. The number of aromatic nitrogens is 4. The molecule has 0 amide bonds. The number of anilines is 3. The van der Waals surface area contributed by atoms with Crippen LogP contribution in [-0.2, 0) is 0 Å². The molecule has 5 aromatic heterocycles. The van der Waals surface area contributed by atoms with E-state index in [1.807, 2.05) is 36.8 Å². The Labute approximate surface area is 263 Å². The Morgan fingerprint density at radius 3 is 2.31 bits per heavy atom. The van der Waals surface area contributed by atoms with Crippen LogP contribution in [0.1, 0.15) is 0 Å². The third kappa shape index (κ3) is 4.18. The van der Waals surface area contributed by atoms with Crippen molar-refractivity contribution in [1.29, 1.82) is 0 Å². The highest BCUT2D eigenvalue weighted by molar-refractivity contribution is 7.26. The lowest BCUT2D eigenvalue weighted by Gasteiger charge is -2.25. The maximum absolute atomic E-state index is 5.32. The number of hydrogen-bond donors (Lipinski definition) is 0. The highest BCUT2D eigenvalue weighted by atomic mass is 32.1. The molecule has 45 heavy (non-hydrogen) atoms. The zero-order valence-corrected chi connectivity index (χ0v) is 24.9. The third-order valence-electron chi connectivity index (χ3n) is 8.35. The summed E-state index contributed by atoms with van der Waals surface area (Å²) in [4.78, 5) is 16.6. The van der Waals surface area contributed by atoms with Crippen LogP contribution in [0.5, 0.6) is 0 Å². The van der Waals surface area contributed by atoms with Crippen molar-refractivity contribution >= 4 is 70.5 Å². The molecule has 9 rings (SSSR count). The standard InChI is InChI=1S/C39H25N5S/c1-2-10-26(11-3-1)43(27-19-20-29-28-12-4-5-16-34(28)44(35(29)24-27)37-17-6-7-22-41-37)38-18-9-15-33(42-38)32-14-8-13-31-30-21-23-40-25-36(30)45-39(31)32/h1-25H. The summed E-state index contributed by atoms with van der Waals surface area (Å²) < 4.78 is 4.65. The number of nitrogens with zero attached hydrogens (tertiary/aromatic N) is 5. The predicted octanol–water partition coefficient (Wildman–Crippen LogP) is 10.5. The second-order valence-corrected chi connectivity index (χ2v) is 12.0. The van der Waals surface area contributed by atoms with Gasteiger partial charge in [0.1, 0.15) is 11.6 Å². The third-order valence-corrected chi connectivity index (χ3v) is 9.54. The second-order valence-electron chi connectivity index (χ2n) is 11.0. The molecule has 0 saturated heterocycles. The smallest absolute Gasteiger partial charge is 0.138 e. The Morgan fingerprint density at radius 2 is 1.40 bits per heavy atom. The van der Waals surface area contributed by atoms with Gasteiger partial charge >= 0.3 is 0 Å². The number of benzene rings is 4. The minimum absolute atomic E-state index is 0.846. The molecular formula is C39H25N5S. The van der Waals surface area contributed by atoms with Gasteiger partial charge in [0.2, 0.25) is 0 Å². The summed E-state index contributed by atoms with van der Waals surface area (Å²) in [7, 11) is 0. The minimum atomic E-state index is 0.846. The molecule has 212 valence electrons. The first-order valence-electron chi connectivity index (χ1n) is 14.9. The Bertz CT molecular complexity index is 2500. The van der Waals surface area contributed by atoms with Crippen molar-refractivity contribution in [2.45, 2.75) is 0 Å². The second kappa shape index (κ2) is 10.4. The Hall–Kier alpha value is -5.85. The Morgan fingerprint density at radius 1 is 0.578 bits per heavy atom. The quantitative estimate of drug-likeness (QED) is 0.199. The molecular weight excluding hydrogens is 571 g/mol. The number of fused-ring (bicyclic) bond motifs is 6. The van der Waals surface area contributed by atoms with E-state index in [0.717, 1.165) is 45.3 Å². The van der Waals surface area contributed by atoms with Gasteiger partial charge in [-0.3, -0.25) is 14.5 Å². The molecule has 0 radical (unpaired) electrons. The van der Waals surface area contributed by atoms with Gasteiger partial charge in [-0.15, -0.1) is 11.3 Å². The van der Waals surface area contributed by atoms with Gasteiger partial charge in [0.25, 0.3) is 0 Å². The molecule has 5 nitrogen and oxygen atoms in total. The molecule has 0 fully saturated rings. The van der Waals surface area contributed by atoms with Crippen molar-refractivity contribution in [2.24, 2.45) is 0 Å². The molecule has 0 aliphatic rings. The lowest BCUT2D eigenvalue weighted by Crippen LogP contribution is -2.12. The number of rotatable bonds is 5. The zero-order valence-electron chi connectivity index (χ0n) is 24.1. The van der Waals surface area contributed by atoms with Crippen molar-refractivity contribution in [2.75, 3.05) is 4.90 Å². The summed E-state index contributed by atoms with van der Waals surface area (Å²) in [5.74, 6) is 1.73. The molecule has 6 heteroatoms. The van der Waals surface area contributed by atoms with E-state index < -0.39 is 0 Å². The first kappa shape index (κ1) is 25.6. The van der Waals surface area contributed by atoms with E-state index in [0.29, 0.717) is 0 Å². The van der Waals surface area contributed by atoms with Crippen LogP contribution in [0.3, 0.4) is 0 Å². The van der Waals surface area contributed by atoms with Crippen molar-refractivity contribution in [1.82, 2.24) is 19.5 Å². The maximum Gasteiger partial charge on any atom is 0.138 e. The molecule has 0 aliphatic carbocycles. The van der Waals surface area contributed by atoms with Crippen LogP contribution in [0.4, 0.5) is 17.2 Å². The van der Waals surface area contributed by atoms with Crippen LogP contribution in [0.15, 0.2) is 152 Å². The first-order valence-corrected chi connectivity index (χ1v) is 15.7. The average molecular weight is 596 g/mol. The lowest BCUT2D eigenvalue weighted by molar-refractivity contribution is 1.08. The normalized spacial score (nSPS) is 11.6. The Kier molecular flexibility index (Phi) is 5.92. The summed E-state index contributed by atoms with van der Waals surface area (Å²) in [5.41, 5.74) is 6.32. The lowest BCUT2D eigenvalue weighted by atomic mass is 10.1. The molecule has 0 bridgehead atoms. The van der Waals surface area contributed by atoms with Gasteiger partial charge in [-0.25, -0.2) is 9.97 Å². The summed E-state index contributed by atoms with van der Waals surface area (Å²) in [5, 5.41) is 4.84. The summed E-state index contributed by atoms with van der Waals surface area (Å²) in [6.45, 7) is 0. The summed E-state index contributed by atoms with van der Waals surface area (Å²) in [6, 6.07) is 46.6. The molecule has 0 aliphatic heterocycles. The molecule has 4 aromatic carbocycles. The van der Waals surface area contributed by atoms with E-state index in [4.69, 9.17) is 9.97 Å². The molecule has 0 atom stereocenters. The van der Waals surface area contributed by atoms with Crippen molar-refractivity contribution in [3.05, 3.63) is 152 Å². The van der Waals surface area contributed by atoms with Crippen LogP contribution in [-0.4, -0.2) is 19.5 Å². The van der Waals surface area contributed by atoms with E-state index in [2.05, 4.69) is 130 Å². The molecule has 0 saturated carbocycles. The van der Waals surface area contributed by atoms with Gasteiger partial charge < -0.3 is 0 Å². The number of para-hydroxylation sites is 2. The monoisotopic (exact) mass is 595 g/mol. The minimum Gasteiger partial charge on any atom is -0.295 e. The molecule has 9 aromatic rings. The largest absolute Gasteiger partial charge is 0.295 e. The topological polar surface area (TPSA) is 46.8 Å². The fraction of sp³-hybridized carbons (Fsp3) is 0. The van der Waals surface area contributed by atoms with Crippen LogP contribution < -0.4 is 4.90 Å². The van der Waals surface area contributed by atoms with Gasteiger partial charge in [-0.1, -0.05) is 72.8 Å². The Balaban J connectivity index is 1.26. The van der Waals surface area contributed by atoms with Crippen molar-refractivity contribution in [3.8, 4) is 17.1 Å². The number of hydrogen-bond acceptors (Lipinski definition) is 5. The fourth-order valence-corrected chi connectivity index (χ4v) is 7.57. The van der Waals surface area contributed by atoms with Gasteiger partial charge in [0.05, 0.1) is 21.4 Å². The van der Waals surface area contributed by atoms with Gasteiger partial charge in [-0.05, 0) is 60.7 Å². The number of pyridine rings is 3. The van der Waals surface area contributed by atoms with Gasteiger partial charge in [0.15, 0.2) is 0 Å². The van der Waals surface area contributed by atoms with Gasteiger partial charge in [0, 0.05) is 61.8 Å². The van der Waals surface area contributed by atoms with E-state index in [1.54, 1.807) is 11.3 Å². The van der Waals surface area contributed by atoms with E-state index >= 15 is 0 Å². The summed E-state index contributed by atoms with van der Waals surface area (Å²) >= 11 is 1.77. The van der Waals surface area contributed by atoms with Crippen LogP contribution in [0.2, 0.25) is 0 Å². The van der Waals surface area contributed by atoms with Crippen LogP contribution in [0, 0.1) is 0 Å². The highest BCUT2D eigenvalue weighted by Gasteiger charge is 2.19. The van der Waals surface area contributed by atoms with E-state index in [1.165, 1.54) is 30.9 Å². The van der Waals surface area contributed by atoms with Crippen LogP contribution >= 0.6 is 11.3 Å². The SMILES string of the molecule is c1ccc(N(c2ccc3c4ccccc4n(-c4ccccn4)c3c2)c2cccc(-c3cccc4c3sc3cnccc34)n2)cc1. The zero-order chi connectivity index (χ0) is 29.7. The highest BCUT2D eigenvalue weighted by Crippen LogP contribution is 2.42. The molecule has 5 heterocycles. The first-order chi connectivity index (χ1) is 22.3. The average Bonchev–Trinajstić information content (AvgIpc) is 3.65.